The van der Waals surface area contributed by atoms with Crippen LogP contribution in [0.5, 0.6) is 0 Å². The Morgan fingerprint density at radius 1 is 1.12 bits per heavy atom. The first-order valence-electron chi connectivity index (χ1n) is 8.50. The van der Waals surface area contributed by atoms with Crippen molar-refractivity contribution in [3.05, 3.63) is 42.0 Å². The Morgan fingerprint density at radius 3 is 2.56 bits per heavy atom. The molecule has 1 aliphatic heterocycles. The maximum Gasteiger partial charge on any atom is 0.146 e. The predicted octanol–water partition coefficient (Wildman–Crippen LogP) is 2.31. The summed E-state index contributed by atoms with van der Waals surface area (Å²) >= 11 is 0. The molecule has 0 amide bonds. The third-order valence-electron chi connectivity index (χ3n) is 4.23. The van der Waals surface area contributed by atoms with Crippen LogP contribution >= 0.6 is 0 Å². The fourth-order valence-corrected chi connectivity index (χ4v) is 2.97. The van der Waals surface area contributed by atoms with Gasteiger partial charge in [-0.25, -0.2) is 14.4 Å². The van der Waals surface area contributed by atoms with Crippen molar-refractivity contribution in [1.82, 2.24) is 9.97 Å². The summed E-state index contributed by atoms with van der Waals surface area (Å²) in [4.78, 5) is 13.3. The van der Waals surface area contributed by atoms with Gasteiger partial charge in [0, 0.05) is 45.9 Å². The van der Waals surface area contributed by atoms with Gasteiger partial charge >= 0.3 is 0 Å². The van der Waals surface area contributed by atoms with E-state index in [4.69, 9.17) is 4.74 Å². The molecule has 0 atom stereocenters. The Morgan fingerprint density at radius 2 is 1.84 bits per heavy atom. The molecule has 7 heteroatoms. The minimum atomic E-state index is -0.168. The highest BCUT2D eigenvalue weighted by Gasteiger charge is 2.20. The van der Waals surface area contributed by atoms with Crippen molar-refractivity contribution in [3.63, 3.8) is 0 Å². The number of rotatable bonds is 6. The van der Waals surface area contributed by atoms with Crippen LogP contribution < -0.4 is 15.1 Å². The molecule has 1 saturated heterocycles. The lowest BCUT2D eigenvalue weighted by molar-refractivity contribution is 0.210. The summed E-state index contributed by atoms with van der Waals surface area (Å²) in [5.74, 6) is 2.27. The minimum Gasteiger partial charge on any atom is -0.383 e. The lowest BCUT2D eigenvalue weighted by Crippen LogP contribution is -2.47. The van der Waals surface area contributed by atoms with Gasteiger partial charge in [-0.2, -0.15) is 0 Å². The SMILES string of the molecule is COCCNc1cc(N2CCN(c3ccccc3F)CC2)nc(C)n1. The Labute approximate surface area is 147 Å². The van der Waals surface area contributed by atoms with Gasteiger partial charge in [-0.15, -0.1) is 0 Å². The smallest absolute Gasteiger partial charge is 0.146 e. The highest BCUT2D eigenvalue weighted by atomic mass is 19.1. The Hall–Kier alpha value is -2.41. The van der Waals surface area contributed by atoms with Crippen LogP contribution in [0, 0.1) is 12.7 Å². The zero-order chi connectivity index (χ0) is 17.6. The number of ether oxygens (including phenoxy) is 1. The van der Waals surface area contributed by atoms with Gasteiger partial charge in [0.25, 0.3) is 0 Å². The van der Waals surface area contributed by atoms with Crippen LogP contribution in [0.15, 0.2) is 30.3 Å². The second-order valence-corrected chi connectivity index (χ2v) is 6.00. The molecule has 2 heterocycles. The zero-order valence-electron chi connectivity index (χ0n) is 14.7. The first kappa shape index (κ1) is 17.4. The highest BCUT2D eigenvalue weighted by Crippen LogP contribution is 2.23. The number of para-hydroxylation sites is 1. The summed E-state index contributed by atoms with van der Waals surface area (Å²) in [6.45, 7) is 6.32. The first-order valence-corrected chi connectivity index (χ1v) is 8.50. The van der Waals surface area contributed by atoms with E-state index in [0.29, 0.717) is 18.8 Å². The highest BCUT2D eigenvalue weighted by molar-refractivity contribution is 5.53. The Balaban J connectivity index is 1.65. The number of benzene rings is 1. The van der Waals surface area contributed by atoms with Crippen molar-refractivity contribution in [2.75, 3.05) is 61.6 Å². The molecule has 1 N–H and O–H groups in total. The molecule has 2 aromatic rings. The van der Waals surface area contributed by atoms with Gasteiger partial charge in [0.1, 0.15) is 23.3 Å². The largest absolute Gasteiger partial charge is 0.383 e. The second-order valence-electron chi connectivity index (χ2n) is 6.00. The van der Waals surface area contributed by atoms with E-state index in [1.54, 1.807) is 13.2 Å². The van der Waals surface area contributed by atoms with Crippen LogP contribution in [0.1, 0.15) is 5.82 Å². The second kappa shape index (κ2) is 8.11. The molecule has 1 aliphatic rings. The molecular weight excluding hydrogens is 321 g/mol. The average Bonchev–Trinajstić information content (AvgIpc) is 2.62. The standard InChI is InChI=1S/C18H24FN5O/c1-14-21-17(20-7-12-25-2)13-18(22-14)24-10-8-23(9-11-24)16-6-4-3-5-15(16)19/h3-6,13H,7-12H2,1-2H3,(H,20,21,22). The molecule has 0 radical (unpaired) electrons. The summed E-state index contributed by atoms with van der Waals surface area (Å²) in [6, 6.07) is 8.89. The van der Waals surface area contributed by atoms with E-state index in [0.717, 1.165) is 43.6 Å². The van der Waals surface area contributed by atoms with E-state index < -0.39 is 0 Å². The average molecular weight is 345 g/mol. The number of hydrogen-bond donors (Lipinski definition) is 1. The molecule has 25 heavy (non-hydrogen) atoms. The number of piperazine rings is 1. The summed E-state index contributed by atoms with van der Waals surface area (Å²) in [7, 11) is 1.67. The van der Waals surface area contributed by atoms with E-state index >= 15 is 0 Å². The van der Waals surface area contributed by atoms with E-state index in [9.17, 15) is 4.39 Å². The summed E-state index contributed by atoms with van der Waals surface area (Å²) < 4.78 is 19.0. The van der Waals surface area contributed by atoms with Crippen LogP contribution in [0.2, 0.25) is 0 Å². The monoisotopic (exact) mass is 345 g/mol. The number of aromatic nitrogens is 2. The minimum absolute atomic E-state index is 0.168. The molecule has 1 aromatic heterocycles. The van der Waals surface area contributed by atoms with Gasteiger partial charge in [0.05, 0.1) is 12.3 Å². The Kier molecular flexibility index (Phi) is 5.65. The normalized spacial score (nSPS) is 14.7. The zero-order valence-corrected chi connectivity index (χ0v) is 14.7. The van der Waals surface area contributed by atoms with Gasteiger partial charge in [-0.3, -0.25) is 0 Å². The van der Waals surface area contributed by atoms with Crippen molar-refractivity contribution in [2.24, 2.45) is 0 Å². The molecule has 3 rings (SSSR count). The predicted molar refractivity (Wildman–Crippen MR) is 98.0 cm³/mol. The van der Waals surface area contributed by atoms with E-state index in [-0.39, 0.29) is 5.82 Å². The van der Waals surface area contributed by atoms with Crippen LogP contribution in [0.4, 0.5) is 21.7 Å². The molecule has 0 unspecified atom stereocenters. The quantitative estimate of drug-likeness (QED) is 0.811. The molecule has 0 saturated carbocycles. The van der Waals surface area contributed by atoms with Gasteiger partial charge in [0.15, 0.2) is 0 Å². The van der Waals surface area contributed by atoms with Crippen molar-refractivity contribution < 1.29 is 9.13 Å². The van der Waals surface area contributed by atoms with Crippen molar-refractivity contribution in [2.45, 2.75) is 6.92 Å². The lowest BCUT2D eigenvalue weighted by atomic mass is 10.2. The van der Waals surface area contributed by atoms with Crippen LogP contribution in [0.3, 0.4) is 0 Å². The van der Waals surface area contributed by atoms with Crippen LogP contribution in [-0.2, 0) is 4.74 Å². The van der Waals surface area contributed by atoms with Crippen molar-refractivity contribution in [1.29, 1.82) is 0 Å². The molecule has 6 nitrogen and oxygen atoms in total. The number of hydrogen-bond acceptors (Lipinski definition) is 6. The molecule has 1 aromatic carbocycles. The van der Waals surface area contributed by atoms with Crippen LogP contribution in [-0.4, -0.2) is 56.4 Å². The molecular formula is C18H24FN5O. The molecule has 0 spiro atoms. The number of halogens is 1. The molecule has 0 bridgehead atoms. The molecule has 0 aliphatic carbocycles. The van der Waals surface area contributed by atoms with E-state index in [2.05, 4.69) is 25.1 Å². The number of methoxy groups -OCH3 is 1. The van der Waals surface area contributed by atoms with E-state index in [1.165, 1.54) is 6.07 Å². The van der Waals surface area contributed by atoms with Gasteiger partial charge < -0.3 is 19.9 Å². The number of nitrogens with one attached hydrogen (secondary N) is 1. The fourth-order valence-electron chi connectivity index (χ4n) is 2.97. The van der Waals surface area contributed by atoms with Crippen molar-refractivity contribution in [3.8, 4) is 0 Å². The molecule has 134 valence electrons. The number of anilines is 3. The lowest BCUT2D eigenvalue weighted by Gasteiger charge is -2.37. The topological polar surface area (TPSA) is 53.5 Å². The molecule has 1 fully saturated rings. The number of aryl methyl sites for hydroxylation is 1. The fraction of sp³-hybridized carbons (Fsp3) is 0.444. The van der Waals surface area contributed by atoms with Gasteiger partial charge in [-0.05, 0) is 19.1 Å². The van der Waals surface area contributed by atoms with Crippen LogP contribution in [0.25, 0.3) is 0 Å². The third-order valence-corrected chi connectivity index (χ3v) is 4.23. The maximum atomic E-state index is 14.0. The van der Waals surface area contributed by atoms with E-state index in [1.807, 2.05) is 25.1 Å². The van der Waals surface area contributed by atoms with Gasteiger partial charge in [-0.1, -0.05) is 12.1 Å². The van der Waals surface area contributed by atoms with Gasteiger partial charge in [0.2, 0.25) is 0 Å². The summed E-state index contributed by atoms with van der Waals surface area (Å²) in [5.41, 5.74) is 0.669. The first-order chi connectivity index (χ1) is 12.2. The third kappa shape index (κ3) is 4.36. The number of nitrogens with zero attached hydrogens (tertiary/aromatic N) is 4. The Bertz CT molecular complexity index is 704. The summed E-state index contributed by atoms with van der Waals surface area (Å²) in [5, 5.41) is 3.25. The summed E-state index contributed by atoms with van der Waals surface area (Å²) in [6.07, 6.45) is 0. The maximum absolute atomic E-state index is 14.0. The van der Waals surface area contributed by atoms with Crippen molar-refractivity contribution >= 4 is 17.3 Å².